The molecule has 3 rings (SSSR count). The van der Waals surface area contributed by atoms with Crippen molar-refractivity contribution in [2.45, 2.75) is 39.2 Å². The number of para-hydroxylation sites is 1. The van der Waals surface area contributed by atoms with E-state index in [0.29, 0.717) is 30.2 Å². The standard InChI is InChI=1S/C25H29NO5/c1-4-6-9-15-26-22(17-11-10-12-18(16-17)31-5-2)21(24(28)25(26)29)23(27)19-13-7-8-14-20(19)30-3/h7-8,10-14,16,22,27H,4-6,9,15H2,1-3H3/b23-21-. The first kappa shape index (κ1) is 22.4. The first-order valence-electron chi connectivity index (χ1n) is 10.7. The van der Waals surface area contributed by atoms with Gasteiger partial charge in [0, 0.05) is 6.54 Å². The van der Waals surface area contributed by atoms with Crippen LogP contribution in [-0.4, -0.2) is 42.0 Å². The minimum absolute atomic E-state index is 0.0691. The van der Waals surface area contributed by atoms with Gasteiger partial charge in [0.1, 0.15) is 17.3 Å². The quantitative estimate of drug-likeness (QED) is 0.274. The van der Waals surface area contributed by atoms with Gasteiger partial charge in [0.25, 0.3) is 11.7 Å². The molecular weight excluding hydrogens is 394 g/mol. The van der Waals surface area contributed by atoms with Crippen molar-refractivity contribution >= 4 is 17.4 Å². The second-order valence-electron chi connectivity index (χ2n) is 7.41. The lowest BCUT2D eigenvalue weighted by molar-refractivity contribution is -0.139. The van der Waals surface area contributed by atoms with Crippen molar-refractivity contribution in [1.29, 1.82) is 0 Å². The summed E-state index contributed by atoms with van der Waals surface area (Å²) in [5.41, 5.74) is 1.17. The number of amides is 1. The molecule has 1 fully saturated rings. The fraction of sp³-hybridized carbons (Fsp3) is 0.360. The van der Waals surface area contributed by atoms with E-state index >= 15 is 0 Å². The van der Waals surface area contributed by atoms with Gasteiger partial charge in [-0.2, -0.15) is 0 Å². The van der Waals surface area contributed by atoms with Gasteiger partial charge in [0.05, 0.1) is 30.9 Å². The highest BCUT2D eigenvalue weighted by atomic mass is 16.5. The molecule has 0 radical (unpaired) electrons. The number of likely N-dealkylation sites (tertiary alicyclic amines) is 1. The van der Waals surface area contributed by atoms with E-state index in [4.69, 9.17) is 9.47 Å². The molecule has 0 saturated carbocycles. The van der Waals surface area contributed by atoms with Crippen molar-refractivity contribution in [2.75, 3.05) is 20.3 Å². The molecule has 0 bridgehead atoms. The van der Waals surface area contributed by atoms with Crippen LogP contribution in [0.3, 0.4) is 0 Å². The Labute approximate surface area is 183 Å². The molecule has 0 aromatic heterocycles. The lowest BCUT2D eigenvalue weighted by Gasteiger charge is -2.25. The van der Waals surface area contributed by atoms with Crippen molar-refractivity contribution in [3.63, 3.8) is 0 Å². The molecule has 6 heteroatoms. The third-order valence-corrected chi connectivity index (χ3v) is 5.39. The Bertz CT molecular complexity index is 981. The van der Waals surface area contributed by atoms with Crippen LogP contribution in [0.5, 0.6) is 11.5 Å². The molecule has 1 aliphatic heterocycles. The number of rotatable bonds is 9. The summed E-state index contributed by atoms with van der Waals surface area (Å²) in [6.07, 6.45) is 2.72. The van der Waals surface area contributed by atoms with Crippen LogP contribution in [0.25, 0.3) is 5.76 Å². The number of ketones is 1. The van der Waals surface area contributed by atoms with E-state index in [1.54, 1.807) is 29.2 Å². The zero-order valence-corrected chi connectivity index (χ0v) is 18.3. The number of hydrogen-bond donors (Lipinski definition) is 1. The Morgan fingerprint density at radius 3 is 2.55 bits per heavy atom. The van der Waals surface area contributed by atoms with Gasteiger partial charge in [0.2, 0.25) is 0 Å². The van der Waals surface area contributed by atoms with E-state index < -0.39 is 17.7 Å². The van der Waals surface area contributed by atoms with Crippen molar-refractivity contribution in [3.8, 4) is 11.5 Å². The van der Waals surface area contributed by atoms with E-state index in [1.807, 2.05) is 31.2 Å². The summed E-state index contributed by atoms with van der Waals surface area (Å²) in [5, 5.41) is 11.2. The van der Waals surface area contributed by atoms with Crippen LogP contribution in [0.4, 0.5) is 0 Å². The number of hydrogen-bond acceptors (Lipinski definition) is 5. The molecule has 1 amide bonds. The molecule has 2 aromatic rings. The van der Waals surface area contributed by atoms with Crippen molar-refractivity contribution < 1.29 is 24.2 Å². The average Bonchev–Trinajstić information content (AvgIpc) is 3.04. The summed E-state index contributed by atoms with van der Waals surface area (Å²) in [5.74, 6) is -0.442. The maximum atomic E-state index is 13.1. The predicted octanol–water partition coefficient (Wildman–Crippen LogP) is 4.71. The smallest absolute Gasteiger partial charge is 0.295 e. The number of aliphatic hydroxyl groups excluding tert-OH is 1. The minimum Gasteiger partial charge on any atom is -0.507 e. The number of methoxy groups -OCH3 is 1. The van der Waals surface area contributed by atoms with Crippen LogP contribution < -0.4 is 9.47 Å². The summed E-state index contributed by atoms with van der Waals surface area (Å²) >= 11 is 0. The molecule has 6 nitrogen and oxygen atoms in total. The third-order valence-electron chi connectivity index (χ3n) is 5.39. The molecule has 1 N–H and O–H groups in total. The number of aliphatic hydroxyl groups is 1. The Balaban J connectivity index is 2.16. The number of benzene rings is 2. The molecule has 1 atom stereocenters. The maximum absolute atomic E-state index is 13.1. The molecule has 0 spiro atoms. The summed E-state index contributed by atoms with van der Waals surface area (Å²) < 4.78 is 11.0. The fourth-order valence-corrected chi connectivity index (χ4v) is 3.92. The first-order valence-corrected chi connectivity index (χ1v) is 10.7. The summed E-state index contributed by atoms with van der Waals surface area (Å²) in [6.45, 7) is 4.91. The van der Waals surface area contributed by atoms with Crippen molar-refractivity contribution in [1.82, 2.24) is 4.90 Å². The van der Waals surface area contributed by atoms with E-state index in [-0.39, 0.29) is 11.3 Å². The van der Waals surface area contributed by atoms with Gasteiger partial charge in [-0.1, -0.05) is 44.0 Å². The van der Waals surface area contributed by atoms with Gasteiger partial charge in [-0.3, -0.25) is 9.59 Å². The predicted molar refractivity (Wildman–Crippen MR) is 119 cm³/mol. The lowest BCUT2D eigenvalue weighted by Crippen LogP contribution is -2.30. The first-order chi connectivity index (χ1) is 15.0. The van der Waals surface area contributed by atoms with Crippen LogP contribution in [-0.2, 0) is 9.59 Å². The number of carbonyl (C=O) groups is 2. The van der Waals surface area contributed by atoms with Crippen LogP contribution in [0, 0.1) is 0 Å². The van der Waals surface area contributed by atoms with Crippen LogP contribution in [0.2, 0.25) is 0 Å². The SMILES string of the molecule is CCCCCN1C(=O)C(=O)/C(=C(\O)c2ccccc2OC)C1c1cccc(OCC)c1. The molecule has 2 aromatic carbocycles. The molecular formula is C25H29NO5. The normalized spacial score (nSPS) is 17.8. The Hall–Kier alpha value is -3.28. The Morgan fingerprint density at radius 1 is 1.06 bits per heavy atom. The van der Waals surface area contributed by atoms with Gasteiger partial charge in [-0.05, 0) is 43.2 Å². The van der Waals surface area contributed by atoms with Gasteiger partial charge < -0.3 is 19.5 Å². The summed E-state index contributed by atoms with van der Waals surface area (Å²) in [4.78, 5) is 27.6. The molecule has 164 valence electrons. The second kappa shape index (κ2) is 10.2. The fourth-order valence-electron chi connectivity index (χ4n) is 3.92. The highest BCUT2D eigenvalue weighted by molar-refractivity contribution is 6.46. The molecule has 1 heterocycles. The molecule has 0 aliphatic carbocycles. The van der Waals surface area contributed by atoms with E-state index in [0.717, 1.165) is 24.8 Å². The molecule has 1 aliphatic rings. The van der Waals surface area contributed by atoms with Gasteiger partial charge in [-0.25, -0.2) is 0 Å². The minimum atomic E-state index is -0.692. The number of Topliss-reactive ketones (excluding diaryl/α,β-unsaturated/α-hetero) is 1. The highest BCUT2D eigenvalue weighted by Gasteiger charge is 2.46. The van der Waals surface area contributed by atoms with Gasteiger partial charge in [0.15, 0.2) is 0 Å². The molecule has 1 saturated heterocycles. The van der Waals surface area contributed by atoms with E-state index in [2.05, 4.69) is 6.92 Å². The number of ether oxygens (including phenoxy) is 2. The highest BCUT2D eigenvalue weighted by Crippen LogP contribution is 2.41. The summed E-state index contributed by atoms with van der Waals surface area (Å²) in [7, 11) is 1.50. The topological polar surface area (TPSA) is 76.1 Å². The van der Waals surface area contributed by atoms with Crippen LogP contribution in [0.1, 0.15) is 50.3 Å². The second-order valence-corrected chi connectivity index (χ2v) is 7.41. The van der Waals surface area contributed by atoms with E-state index in [1.165, 1.54) is 7.11 Å². The Kier molecular flexibility index (Phi) is 7.34. The molecule has 1 unspecified atom stereocenters. The zero-order valence-electron chi connectivity index (χ0n) is 18.3. The lowest BCUT2D eigenvalue weighted by atomic mass is 9.94. The monoisotopic (exact) mass is 423 g/mol. The van der Waals surface area contributed by atoms with Crippen LogP contribution in [0.15, 0.2) is 54.1 Å². The zero-order chi connectivity index (χ0) is 22.4. The van der Waals surface area contributed by atoms with Crippen molar-refractivity contribution in [2.24, 2.45) is 0 Å². The number of nitrogens with zero attached hydrogens (tertiary/aromatic N) is 1. The van der Waals surface area contributed by atoms with Gasteiger partial charge in [-0.15, -0.1) is 0 Å². The number of carbonyl (C=O) groups excluding carboxylic acids is 2. The number of unbranched alkanes of at least 4 members (excludes halogenated alkanes) is 2. The van der Waals surface area contributed by atoms with Crippen molar-refractivity contribution in [3.05, 3.63) is 65.2 Å². The van der Waals surface area contributed by atoms with Gasteiger partial charge >= 0.3 is 0 Å². The maximum Gasteiger partial charge on any atom is 0.295 e. The third kappa shape index (κ3) is 4.58. The summed E-state index contributed by atoms with van der Waals surface area (Å²) in [6, 6.07) is 13.5. The largest absolute Gasteiger partial charge is 0.507 e. The average molecular weight is 424 g/mol. The van der Waals surface area contributed by atoms with E-state index in [9.17, 15) is 14.7 Å². The molecule has 31 heavy (non-hydrogen) atoms. The van der Waals surface area contributed by atoms with Crippen LogP contribution >= 0.6 is 0 Å². The Morgan fingerprint density at radius 2 is 1.84 bits per heavy atom.